The lowest BCUT2D eigenvalue weighted by Crippen LogP contribution is -2.44. The molecule has 1 aliphatic rings. The van der Waals surface area contributed by atoms with Crippen molar-refractivity contribution in [2.24, 2.45) is 0 Å². The molecule has 25 heavy (non-hydrogen) atoms. The molecule has 1 fully saturated rings. The normalized spacial score (nSPS) is 17.4. The second-order valence-corrected chi connectivity index (χ2v) is 6.22. The van der Waals surface area contributed by atoms with Crippen LogP contribution in [0.25, 0.3) is 0 Å². The number of anilines is 1. The van der Waals surface area contributed by atoms with E-state index in [0.717, 1.165) is 30.5 Å². The highest BCUT2D eigenvalue weighted by molar-refractivity contribution is 6.39. The van der Waals surface area contributed by atoms with E-state index >= 15 is 0 Å². The summed E-state index contributed by atoms with van der Waals surface area (Å²) < 4.78 is 13.2. The van der Waals surface area contributed by atoms with Crippen LogP contribution in [0.5, 0.6) is 0 Å². The molecule has 2 aromatic rings. The number of nitrogens with zero attached hydrogens (tertiary/aromatic N) is 2. The van der Waals surface area contributed by atoms with Crippen molar-refractivity contribution in [2.45, 2.75) is 32.1 Å². The van der Waals surface area contributed by atoms with Gasteiger partial charge in [0.15, 0.2) is 0 Å². The first kappa shape index (κ1) is 17.1. The van der Waals surface area contributed by atoms with Gasteiger partial charge in [-0.3, -0.25) is 14.7 Å². The highest BCUT2D eigenvalue weighted by Crippen LogP contribution is 2.28. The predicted molar refractivity (Wildman–Crippen MR) is 91.6 cm³/mol. The number of piperidine rings is 1. The summed E-state index contributed by atoms with van der Waals surface area (Å²) in [6.07, 6.45) is 4.46. The zero-order valence-corrected chi connectivity index (χ0v) is 14.1. The fourth-order valence-electron chi connectivity index (χ4n) is 3.25. The number of halogens is 1. The summed E-state index contributed by atoms with van der Waals surface area (Å²) in [5.74, 6) is -1.65. The summed E-state index contributed by atoms with van der Waals surface area (Å²) >= 11 is 0. The quantitative estimate of drug-likeness (QED) is 0.840. The summed E-state index contributed by atoms with van der Waals surface area (Å²) in [5, 5.41) is 9.59. The molecule has 0 radical (unpaired) electrons. The van der Waals surface area contributed by atoms with Gasteiger partial charge in [0, 0.05) is 30.4 Å². The zero-order chi connectivity index (χ0) is 17.8. The first-order valence-corrected chi connectivity index (χ1v) is 8.46. The number of amides is 2. The number of rotatable bonds is 3. The Kier molecular flexibility index (Phi) is 5.11. The largest absolute Gasteiger partial charge is 0.334 e. The monoisotopic (exact) mass is 344 g/mol. The van der Waals surface area contributed by atoms with Gasteiger partial charge in [0.2, 0.25) is 0 Å². The Hall–Kier alpha value is -2.70. The average Bonchev–Trinajstić information content (AvgIpc) is 3.10. The van der Waals surface area contributed by atoms with Crippen molar-refractivity contribution in [3.8, 4) is 0 Å². The minimum Gasteiger partial charge on any atom is -0.334 e. The fraction of sp³-hybridized carbons (Fsp3) is 0.389. The zero-order valence-electron chi connectivity index (χ0n) is 14.1. The lowest BCUT2D eigenvalue weighted by atomic mass is 9.92. The van der Waals surface area contributed by atoms with Crippen molar-refractivity contribution in [3.05, 3.63) is 47.5 Å². The molecule has 1 aromatic carbocycles. The average molecular weight is 344 g/mol. The van der Waals surface area contributed by atoms with Crippen molar-refractivity contribution in [2.75, 3.05) is 18.4 Å². The Bertz CT molecular complexity index is 774. The summed E-state index contributed by atoms with van der Waals surface area (Å²) in [6, 6.07) is 5.49. The van der Waals surface area contributed by atoms with E-state index in [0.29, 0.717) is 13.1 Å². The van der Waals surface area contributed by atoms with Crippen LogP contribution < -0.4 is 5.32 Å². The Morgan fingerprint density at radius 2 is 2.28 bits per heavy atom. The number of nitrogens with one attached hydrogen (secondary N) is 2. The van der Waals surface area contributed by atoms with Gasteiger partial charge in [0.05, 0.1) is 6.20 Å². The molecule has 2 N–H and O–H groups in total. The number of aryl methyl sites for hydroxylation is 1. The van der Waals surface area contributed by atoms with Gasteiger partial charge in [-0.2, -0.15) is 5.10 Å². The van der Waals surface area contributed by atoms with Gasteiger partial charge in [-0.1, -0.05) is 13.0 Å². The van der Waals surface area contributed by atoms with Crippen LogP contribution in [0.4, 0.5) is 10.1 Å². The van der Waals surface area contributed by atoms with Crippen LogP contribution in [0.1, 0.15) is 36.9 Å². The third-order valence-corrected chi connectivity index (χ3v) is 4.53. The van der Waals surface area contributed by atoms with E-state index in [1.54, 1.807) is 11.0 Å². The number of carbonyl (C=O) groups excluding carboxylic acids is 2. The SMILES string of the molecule is CCc1cn[nH]c1[C@@H]1CCCN(C(=O)C(=O)Nc2cccc(F)c2)C1. The molecule has 1 saturated heterocycles. The molecular formula is C18H21FN4O2. The van der Waals surface area contributed by atoms with Gasteiger partial charge in [-0.05, 0) is 43.0 Å². The molecule has 1 atom stereocenters. The number of H-pyrrole nitrogens is 1. The summed E-state index contributed by atoms with van der Waals surface area (Å²) in [4.78, 5) is 26.2. The molecule has 2 heterocycles. The third kappa shape index (κ3) is 3.87. The van der Waals surface area contributed by atoms with Crippen molar-refractivity contribution < 1.29 is 14.0 Å². The number of hydrogen-bond acceptors (Lipinski definition) is 3. The van der Waals surface area contributed by atoms with Gasteiger partial charge in [-0.15, -0.1) is 0 Å². The van der Waals surface area contributed by atoms with E-state index in [4.69, 9.17) is 0 Å². The fourth-order valence-corrected chi connectivity index (χ4v) is 3.25. The van der Waals surface area contributed by atoms with Crippen LogP contribution in [-0.2, 0) is 16.0 Å². The van der Waals surface area contributed by atoms with E-state index in [2.05, 4.69) is 22.4 Å². The first-order chi connectivity index (χ1) is 12.1. The van der Waals surface area contributed by atoms with Crippen LogP contribution in [-0.4, -0.2) is 40.0 Å². The van der Waals surface area contributed by atoms with Crippen molar-refractivity contribution in [3.63, 3.8) is 0 Å². The molecule has 0 spiro atoms. The van der Waals surface area contributed by atoms with E-state index in [1.165, 1.54) is 18.2 Å². The van der Waals surface area contributed by atoms with E-state index < -0.39 is 17.6 Å². The first-order valence-electron chi connectivity index (χ1n) is 8.46. The minimum absolute atomic E-state index is 0.150. The van der Waals surface area contributed by atoms with Crippen LogP contribution >= 0.6 is 0 Å². The molecule has 1 aliphatic heterocycles. The highest BCUT2D eigenvalue weighted by Gasteiger charge is 2.30. The summed E-state index contributed by atoms with van der Waals surface area (Å²) in [6.45, 7) is 3.08. The van der Waals surface area contributed by atoms with Gasteiger partial charge in [0.1, 0.15) is 5.82 Å². The molecule has 0 bridgehead atoms. The molecule has 7 heteroatoms. The van der Waals surface area contributed by atoms with Gasteiger partial charge < -0.3 is 10.2 Å². The molecule has 0 unspecified atom stereocenters. The van der Waals surface area contributed by atoms with Crippen LogP contribution in [0.3, 0.4) is 0 Å². The Morgan fingerprint density at radius 3 is 3.04 bits per heavy atom. The van der Waals surface area contributed by atoms with Crippen LogP contribution in [0.2, 0.25) is 0 Å². The van der Waals surface area contributed by atoms with Crippen molar-refractivity contribution in [1.29, 1.82) is 0 Å². The second-order valence-electron chi connectivity index (χ2n) is 6.22. The maximum absolute atomic E-state index is 13.2. The topological polar surface area (TPSA) is 78.1 Å². The molecule has 6 nitrogen and oxygen atoms in total. The maximum atomic E-state index is 13.2. The van der Waals surface area contributed by atoms with Crippen LogP contribution in [0, 0.1) is 5.82 Å². The van der Waals surface area contributed by atoms with E-state index in [1.807, 2.05) is 6.20 Å². The maximum Gasteiger partial charge on any atom is 0.313 e. The Morgan fingerprint density at radius 1 is 1.44 bits per heavy atom. The minimum atomic E-state index is -0.744. The lowest BCUT2D eigenvalue weighted by Gasteiger charge is -2.32. The summed E-state index contributed by atoms with van der Waals surface area (Å²) in [7, 11) is 0. The van der Waals surface area contributed by atoms with Crippen molar-refractivity contribution in [1.82, 2.24) is 15.1 Å². The number of benzene rings is 1. The molecule has 132 valence electrons. The molecular weight excluding hydrogens is 323 g/mol. The predicted octanol–water partition coefficient (Wildman–Crippen LogP) is 2.46. The molecule has 0 saturated carbocycles. The van der Waals surface area contributed by atoms with E-state index in [-0.39, 0.29) is 11.6 Å². The molecule has 1 aromatic heterocycles. The Labute approximate surface area is 145 Å². The number of hydrogen-bond donors (Lipinski definition) is 2. The van der Waals surface area contributed by atoms with Gasteiger partial charge in [-0.25, -0.2) is 4.39 Å². The molecule has 2 amide bonds. The Balaban J connectivity index is 1.66. The number of aromatic amines is 1. The van der Waals surface area contributed by atoms with Gasteiger partial charge in [0.25, 0.3) is 0 Å². The molecule has 3 rings (SSSR count). The summed E-state index contributed by atoms with van der Waals surface area (Å²) in [5.41, 5.74) is 2.46. The molecule has 0 aliphatic carbocycles. The van der Waals surface area contributed by atoms with Crippen molar-refractivity contribution >= 4 is 17.5 Å². The number of aromatic nitrogens is 2. The number of carbonyl (C=O) groups is 2. The standard InChI is InChI=1S/C18H21FN4O2/c1-2-12-10-20-22-16(12)13-5-4-8-23(11-13)18(25)17(24)21-15-7-3-6-14(19)9-15/h3,6-7,9-10,13H,2,4-5,8,11H2,1H3,(H,20,22)(H,21,24)/t13-/m1/s1. The smallest absolute Gasteiger partial charge is 0.313 e. The lowest BCUT2D eigenvalue weighted by molar-refractivity contribution is -0.144. The van der Waals surface area contributed by atoms with Crippen LogP contribution in [0.15, 0.2) is 30.5 Å². The third-order valence-electron chi connectivity index (χ3n) is 4.53. The number of likely N-dealkylation sites (tertiary alicyclic amines) is 1. The van der Waals surface area contributed by atoms with E-state index in [9.17, 15) is 14.0 Å². The second kappa shape index (κ2) is 7.46. The van der Waals surface area contributed by atoms with Gasteiger partial charge >= 0.3 is 11.8 Å². The highest BCUT2D eigenvalue weighted by atomic mass is 19.1.